The Bertz CT molecular complexity index is 1720. The molecule has 12 heteroatoms. The van der Waals surface area contributed by atoms with Crippen molar-refractivity contribution in [1.82, 2.24) is 10.9 Å². The van der Waals surface area contributed by atoms with Crippen molar-refractivity contribution >= 4 is 69.6 Å². The smallest absolute Gasteiger partial charge is 0.255 e. The standard InChI is InChI=1S/C37H36Cl2N6O4/c1-24(28-8-6-10-32(22-28)40-36(48)26-14-18-30(38)19-15-26)42-44-34(46)12-4-3-5-13-35(47)45-43-25(2)29-9-7-11-33(23-29)41-37(49)27-16-20-31(39)21-17-27/h6-11,14-23H,3-5,12-13H2,1-2H3,(H,40,48)(H,41,49)(H,44,46)(H,45,47)/b42-24+,43-25+. The number of anilines is 2. The van der Waals surface area contributed by atoms with Gasteiger partial charge in [0, 0.05) is 45.4 Å². The van der Waals surface area contributed by atoms with Crippen LogP contribution in [0, 0.1) is 0 Å². The Morgan fingerprint density at radius 3 is 1.31 bits per heavy atom. The SMILES string of the molecule is C/C(=N\NC(=O)CCCCCC(=O)N/N=C(\C)c1cccc(NC(=O)c2ccc(Cl)cc2)c1)c1cccc(NC(=O)c2ccc(Cl)cc2)c1. The Kier molecular flexibility index (Phi) is 13.6. The molecule has 0 aliphatic heterocycles. The Hall–Kier alpha value is -5.32. The summed E-state index contributed by atoms with van der Waals surface area (Å²) >= 11 is 11.8. The van der Waals surface area contributed by atoms with E-state index in [1.165, 1.54) is 0 Å². The van der Waals surface area contributed by atoms with Gasteiger partial charge in [0.15, 0.2) is 0 Å². The molecule has 0 spiro atoms. The predicted molar refractivity (Wildman–Crippen MR) is 195 cm³/mol. The summed E-state index contributed by atoms with van der Waals surface area (Å²) in [6.07, 6.45) is 2.39. The average Bonchev–Trinajstić information content (AvgIpc) is 3.10. The minimum atomic E-state index is -0.266. The quantitative estimate of drug-likeness (QED) is 0.0605. The number of unbranched alkanes of at least 4 members (excludes halogenated alkanes) is 2. The van der Waals surface area contributed by atoms with Crippen LogP contribution in [-0.4, -0.2) is 35.1 Å². The molecule has 0 radical (unpaired) electrons. The zero-order valence-electron chi connectivity index (χ0n) is 27.1. The molecule has 0 aliphatic carbocycles. The third kappa shape index (κ3) is 12.0. The van der Waals surface area contributed by atoms with Crippen molar-refractivity contribution in [3.63, 3.8) is 0 Å². The maximum Gasteiger partial charge on any atom is 0.255 e. The molecule has 4 rings (SSSR count). The van der Waals surface area contributed by atoms with Gasteiger partial charge >= 0.3 is 0 Å². The van der Waals surface area contributed by atoms with Crippen LogP contribution in [0.3, 0.4) is 0 Å². The minimum Gasteiger partial charge on any atom is -0.322 e. The van der Waals surface area contributed by atoms with E-state index in [9.17, 15) is 19.2 Å². The van der Waals surface area contributed by atoms with Crippen LogP contribution in [0.4, 0.5) is 11.4 Å². The normalized spacial score (nSPS) is 11.4. The summed E-state index contributed by atoms with van der Waals surface area (Å²) < 4.78 is 0. The number of rotatable bonds is 14. The van der Waals surface area contributed by atoms with Crippen LogP contribution in [0.5, 0.6) is 0 Å². The second-order valence-electron chi connectivity index (χ2n) is 11.1. The van der Waals surface area contributed by atoms with Crippen molar-refractivity contribution in [2.75, 3.05) is 10.6 Å². The molecule has 0 fully saturated rings. The molecular formula is C37H36Cl2N6O4. The fourth-order valence-corrected chi connectivity index (χ4v) is 4.79. The average molecular weight is 700 g/mol. The Labute approximate surface area is 295 Å². The largest absolute Gasteiger partial charge is 0.322 e. The topological polar surface area (TPSA) is 141 Å². The molecule has 0 bridgehead atoms. The lowest BCUT2D eigenvalue weighted by atomic mass is 10.1. The number of nitrogens with zero attached hydrogens (tertiary/aromatic N) is 2. The van der Waals surface area contributed by atoms with Crippen LogP contribution in [0.2, 0.25) is 10.0 Å². The third-order valence-corrected chi connectivity index (χ3v) is 7.80. The number of carbonyl (C=O) groups excluding carboxylic acids is 4. The summed E-state index contributed by atoms with van der Waals surface area (Å²) in [5.74, 6) is -0.999. The fraction of sp³-hybridized carbons (Fsp3) is 0.189. The molecule has 0 aliphatic rings. The maximum absolute atomic E-state index is 12.5. The van der Waals surface area contributed by atoms with Crippen molar-refractivity contribution < 1.29 is 19.2 Å². The Morgan fingerprint density at radius 1 is 0.531 bits per heavy atom. The lowest BCUT2D eigenvalue weighted by Gasteiger charge is -2.08. The van der Waals surface area contributed by atoms with Gasteiger partial charge in [0.2, 0.25) is 11.8 Å². The number of carbonyl (C=O) groups is 4. The predicted octanol–water partition coefficient (Wildman–Crippen LogP) is 7.83. The van der Waals surface area contributed by atoms with Crippen LogP contribution >= 0.6 is 23.2 Å². The zero-order chi connectivity index (χ0) is 35.2. The van der Waals surface area contributed by atoms with Gasteiger partial charge in [-0.05, 0) is 111 Å². The summed E-state index contributed by atoms with van der Waals surface area (Å²) in [4.78, 5) is 49.7. The van der Waals surface area contributed by atoms with Crippen LogP contribution in [-0.2, 0) is 9.59 Å². The molecule has 0 atom stereocenters. The summed E-state index contributed by atoms with van der Waals surface area (Å²) in [6.45, 7) is 3.53. The van der Waals surface area contributed by atoms with Gasteiger partial charge in [-0.2, -0.15) is 10.2 Å². The molecule has 0 unspecified atom stereocenters. The highest BCUT2D eigenvalue weighted by atomic mass is 35.5. The van der Waals surface area contributed by atoms with Gasteiger partial charge in [-0.15, -0.1) is 0 Å². The van der Waals surface area contributed by atoms with Gasteiger partial charge in [-0.1, -0.05) is 53.9 Å². The molecule has 10 nitrogen and oxygen atoms in total. The van der Waals surface area contributed by atoms with Gasteiger partial charge in [0.05, 0.1) is 11.4 Å². The maximum atomic E-state index is 12.5. The van der Waals surface area contributed by atoms with Crippen molar-refractivity contribution in [3.8, 4) is 0 Å². The first-order chi connectivity index (χ1) is 23.6. The first-order valence-electron chi connectivity index (χ1n) is 15.6. The second kappa shape index (κ2) is 18.3. The number of hydrogen-bond donors (Lipinski definition) is 4. The third-order valence-electron chi connectivity index (χ3n) is 7.29. The molecule has 4 aromatic carbocycles. The van der Waals surface area contributed by atoms with Gasteiger partial charge in [-0.3, -0.25) is 19.2 Å². The first kappa shape index (κ1) is 36.5. The molecule has 4 amide bonds. The Balaban J connectivity index is 1.14. The molecule has 4 aromatic rings. The highest BCUT2D eigenvalue weighted by Crippen LogP contribution is 2.17. The lowest BCUT2D eigenvalue weighted by Crippen LogP contribution is -2.20. The van der Waals surface area contributed by atoms with E-state index < -0.39 is 0 Å². The number of hydrogen-bond acceptors (Lipinski definition) is 6. The van der Waals surface area contributed by atoms with Crippen LogP contribution < -0.4 is 21.5 Å². The zero-order valence-corrected chi connectivity index (χ0v) is 28.6. The molecule has 0 saturated heterocycles. The molecule has 4 N–H and O–H groups in total. The molecule has 49 heavy (non-hydrogen) atoms. The molecule has 252 valence electrons. The van der Waals surface area contributed by atoms with E-state index in [0.29, 0.717) is 63.2 Å². The van der Waals surface area contributed by atoms with E-state index in [4.69, 9.17) is 23.2 Å². The molecule has 0 heterocycles. The van der Waals surface area contributed by atoms with Crippen molar-refractivity contribution in [3.05, 3.63) is 129 Å². The van der Waals surface area contributed by atoms with Gasteiger partial charge < -0.3 is 10.6 Å². The molecule has 0 saturated carbocycles. The number of hydrazone groups is 2. The number of amides is 4. The summed E-state index contributed by atoms with van der Waals surface area (Å²) in [5, 5.41) is 15.2. The van der Waals surface area contributed by atoms with Gasteiger partial charge in [0.1, 0.15) is 0 Å². The lowest BCUT2D eigenvalue weighted by molar-refractivity contribution is -0.121. The highest BCUT2D eigenvalue weighted by molar-refractivity contribution is 6.31. The van der Waals surface area contributed by atoms with Gasteiger partial charge in [-0.25, -0.2) is 10.9 Å². The fourth-order valence-electron chi connectivity index (χ4n) is 4.53. The minimum absolute atomic E-state index is 0.234. The van der Waals surface area contributed by atoms with Crippen LogP contribution in [0.15, 0.2) is 107 Å². The van der Waals surface area contributed by atoms with Crippen LogP contribution in [0.25, 0.3) is 0 Å². The monoisotopic (exact) mass is 698 g/mol. The number of nitrogens with one attached hydrogen (secondary N) is 4. The summed E-state index contributed by atoms with van der Waals surface area (Å²) in [6, 6.07) is 27.5. The van der Waals surface area contributed by atoms with Crippen LogP contribution in [0.1, 0.15) is 77.8 Å². The van der Waals surface area contributed by atoms with Crippen molar-refractivity contribution in [1.29, 1.82) is 0 Å². The van der Waals surface area contributed by atoms with E-state index >= 15 is 0 Å². The second-order valence-corrected chi connectivity index (χ2v) is 12.0. The van der Waals surface area contributed by atoms with Crippen molar-refractivity contribution in [2.45, 2.75) is 46.0 Å². The summed E-state index contributed by atoms with van der Waals surface area (Å²) in [5.41, 5.74) is 9.93. The Morgan fingerprint density at radius 2 is 0.918 bits per heavy atom. The number of halogens is 2. The highest BCUT2D eigenvalue weighted by Gasteiger charge is 2.10. The summed E-state index contributed by atoms with van der Waals surface area (Å²) in [7, 11) is 0. The van der Waals surface area contributed by atoms with E-state index in [2.05, 4.69) is 31.7 Å². The van der Waals surface area contributed by atoms with E-state index in [-0.39, 0.29) is 36.5 Å². The first-order valence-corrected chi connectivity index (χ1v) is 16.3. The molecule has 0 aromatic heterocycles. The van der Waals surface area contributed by atoms with Crippen molar-refractivity contribution in [2.24, 2.45) is 10.2 Å². The van der Waals surface area contributed by atoms with E-state index in [1.807, 2.05) is 12.1 Å². The molecular weight excluding hydrogens is 663 g/mol. The van der Waals surface area contributed by atoms with Gasteiger partial charge in [0.25, 0.3) is 11.8 Å². The van der Waals surface area contributed by atoms with E-state index in [1.54, 1.807) is 98.8 Å². The van der Waals surface area contributed by atoms with E-state index in [0.717, 1.165) is 11.1 Å². The number of benzene rings is 4.